The second-order valence-electron chi connectivity index (χ2n) is 6.28. The molecule has 0 aliphatic heterocycles. The summed E-state index contributed by atoms with van der Waals surface area (Å²) >= 11 is 1.78. The van der Waals surface area contributed by atoms with Gasteiger partial charge in [0.25, 0.3) is 0 Å². The Balaban J connectivity index is 1.81. The Labute approximate surface area is 131 Å². The molecule has 1 aromatic heterocycles. The lowest BCUT2D eigenvalue weighted by Crippen LogP contribution is -2.25. The van der Waals surface area contributed by atoms with Gasteiger partial charge in [0.15, 0.2) is 0 Å². The Hall–Kier alpha value is -1.32. The molecule has 0 amide bonds. The molecule has 112 valence electrons. The van der Waals surface area contributed by atoms with E-state index in [1.54, 1.807) is 11.3 Å². The minimum absolute atomic E-state index is 0.222. The van der Waals surface area contributed by atoms with E-state index in [9.17, 15) is 0 Å². The molecular formula is C18H24N2S. The number of rotatable bonds is 6. The summed E-state index contributed by atoms with van der Waals surface area (Å²) in [5.41, 5.74) is 11.4. The Morgan fingerprint density at radius 1 is 1.33 bits per heavy atom. The van der Waals surface area contributed by atoms with E-state index in [1.807, 2.05) is 0 Å². The first-order valence-corrected chi connectivity index (χ1v) is 8.70. The van der Waals surface area contributed by atoms with Crippen molar-refractivity contribution in [3.63, 3.8) is 0 Å². The molecule has 1 heterocycles. The van der Waals surface area contributed by atoms with Gasteiger partial charge in [-0.3, -0.25) is 0 Å². The van der Waals surface area contributed by atoms with E-state index in [2.05, 4.69) is 53.8 Å². The van der Waals surface area contributed by atoms with Gasteiger partial charge < -0.3 is 10.6 Å². The maximum atomic E-state index is 5.93. The van der Waals surface area contributed by atoms with Gasteiger partial charge in [0.1, 0.15) is 0 Å². The van der Waals surface area contributed by atoms with Gasteiger partial charge in [-0.2, -0.15) is 11.3 Å². The van der Waals surface area contributed by atoms with Crippen molar-refractivity contribution in [1.82, 2.24) is 0 Å². The standard InChI is InChI=1S/C18H24N2S/c1-13-9-18(4-3-16(13)10-14(2)19)20(17-5-6-17)11-15-7-8-21-12-15/h3-4,7-9,12,14,17H,5-6,10-11,19H2,1-2H3. The highest BCUT2D eigenvalue weighted by Gasteiger charge is 2.29. The topological polar surface area (TPSA) is 29.3 Å². The van der Waals surface area contributed by atoms with E-state index in [0.29, 0.717) is 0 Å². The molecular weight excluding hydrogens is 276 g/mol. The van der Waals surface area contributed by atoms with Crippen molar-refractivity contribution in [2.75, 3.05) is 4.90 Å². The average Bonchev–Trinajstić information content (AvgIpc) is 3.15. The van der Waals surface area contributed by atoms with Crippen LogP contribution in [-0.2, 0) is 13.0 Å². The second-order valence-corrected chi connectivity index (χ2v) is 7.06. The van der Waals surface area contributed by atoms with Crippen LogP contribution in [-0.4, -0.2) is 12.1 Å². The van der Waals surface area contributed by atoms with Crippen molar-refractivity contribution in [1.29, 1.82) is 0 Å². The van der Waals surface area contributed by atoms with Crippen LogP contribution < -0.4 is 10.6 Å². The Kier molecular flexibility index (Phi) is 4.32. The monoisotopic (exact) mass is 300 g/mol. The zero-order valence-electron chi connectivity index (χ0n) is 12.9. The molecule has 1 aliphatic rings. The van der Waals surface area contributed by atoms with Crippen molar-refractivity contribution in [2.24, 2.45) is 5.73 Å². The molecule has 1 fully saturated rings. The van der Waals surface area contributed by atoms with E-state index < -0.39 is 0 Å². The smallest absolute Gasteiger partial charge is 0.0440 e. The number of anilines is 1. The third kappa shape index (κ3) is 3.66. The van der Waals surface area contributed by atoms with Gasteiger partial charge in [-0.05, 0) is 78.8 Å². The van der Waals surface area contributed by atoms with Gasteiger partial charge in [-0.25, -0.2) is 0 Å². The van der Waals surface area contributed by atoms with E-state index in [-0.39, 0.29) is 6.04 Å². The molecule has 1 unspecified atom stereocenters. The Morgan fingerprint density at radius 2 is 2.14 bits per heavy atom. The first-order chi connectivity index (χ1) is 10.1. The van der Waals surface area contributed by atoms with Crippen LogP contribution in [0, 0.1) is 6.92 Å². The predicted molar refractivity (Wildman–Crippen MR) is 92.1 cm³/mol. The van der Waals surface area contributed by atoms with Gasteiger partial charge in [0.2, 0.25) is 0 Å². The SMILES string of the molecule is Cc1cc(N(Cc2ccsc2)C2CC2)ccc1CC(C)N. The van der Waals surface area contributed by atoms with Gasteiger partial charge in [0, 0.05) is 24.3 Å². The first-order valence-electron chi connectivity index (χ1n) is 7.76. The number of hydrogen-bond donors (Lipinski definition) is 1. The summed E-state index contributed by atoms with van der Waals surface area (Å²) in [5, 5.41) is 4.42. The number of benzene rings is 1. The van der Waals surface area contributed by atoms with Crippen LogP contribution in [0.4, 0.5) is 5.69 Å². The summed E-state index contributed by atoms with van der Waals surface area (Å²) in [7, 11) is 0. The lowest BCUT2D eigenvalue weighted by molar-refractivity contribution is 0.733. The molecule has 1 aromatic carbocycles. The molecule has 0 spiro atoms. The zero-order valence-corrected chi connectivity index (χ0v) is 13.7. The number of aryl methyl sites for hydroxylation is 1. The van der Waals surface area contributed by atoms with E-state index >= 15 is 0 Å². The van der Waals surface area contributed by atoms with Crippen LogP contribution in [0.15, 0.2) is 35.0 Å². The highest BCUT2D eigenvalue weighted by atomic mass is 32.1. The highest BCUT2D eigenvalue weighted by molar-refractivity contribution is 7.07. The van der Waals surface area contributed by atoms with Crippen LogP contribution in [0.3, 0.4) is 0 Å². The van der Waals surface area contributed by atoms with Gasteiger partial charge in [0.05, 0.1) is 0 Å². The number of nitrogens with zero attached hydrogens (tertiary/aromatic N) is 1. The van der Waals surface area contributed by atoms with E-state index in [1.165, 1.54) is 35.2 Å². The van der Waals surface area contributed by atoms with Gasteiger partial charge in [-0.15, -0.1) is 0 Å². The summed E-state index contributed by atoms with van der Waals surface area (Å²) in [6.07, 6.45) is 3.61. The van der Waals surface area contributed by atoms with Crippen molar-refractivity contribution in [3.05, 3.63) is 51.7 Å². The Bertz CT molecular complexity index is 585. The molecule has 1 saturated carbocycles. The fourth-order valence-corrected chi connectivity index (χ4v) is 3.49. The van der Waals surface area contributed by atoms with Crippen molar-refractivity contribution < 1.29 is 0 Å². The first kappa shape index (κ1) is 14.6. The largest absolute Gasteiger partial charge is 0.364 e. The number of thiophene rings is 1. The van der Waals surface area contributed by atoms with E-state index in [0.717, 1.165) is 19.0 Å². The molecule has 21 heavy (non-hydrogen) atoms. The molecule has 0 bridgehead atoms. The van der Waals surface area contributed by atoms with Crippen molar-refractivity contribution in [3.8, 4) is 0 Å². The summed E-state index contributed by atoms with van der Waals surface area (Å²) in [6.45, 7) is 5.30. The molecule has 3 heteroatoms. The lowest BCUT2D eigenvalue weighted by Gasteiger charge is -2.25. The fourth-order valence-electron chi connectivity index (χ4n) is 2.83. The van der Waals surface area contributed by atoms with Crippen molar-refractivity contribution in [2.45, 2.75) is 51.7 Å². The molecule has 3 rings (SSSR count). The summed E-state index contributed by atoms with van der Waals surface area (Å²) in [5.74, 6) is 0. The maximum absolute atomic E-state index is 5.93. The third-order valence-electron chi connectivity index (χ3n) is 4.12. The van der Waals surface area contributed by atoms with Gasteiger partial charge in [-0.1, -0.05) is 6.07 Å². The van der Waals surface area contributed by atoms with Gasteiger partial charge >= 0.3 is 0 Å². The molecule has 0 radical (unpaired) electrons. The van der Waals surface area contributed by atoms with Crippen molar-refractivity contribution >= 4 is 17.0 Å². The molecule has 1 aliphatic carbocycles. The van der Waals surface area contributed by atoms with Crippen LogP contribution >= 0.6 is 11.3 Å². The number of nitrogens with two attached hydrogens (primary N) is 1. The minimum atomic E-state index is 0.222. The maximum Gasteiger partial charge on any atom is 0.0440 e. The fraction of sp³-hybridized carbons (Fsp3) is 0.444. The highest BCUT2D eigenvalue weighted by Crippen LogP contribution is 2.34. The quantitative estimate of drug-likeness (QED) is 0.869. The molecule has 2 nitrogen and oxygen atoms in total. The predicted octanol–water partition coefficient (Wildman–Crippen LogP) is 4.12. The molecule has 0 saturated heterocycles. The summed E-state index contributed by atoms with van der Waals surface area (Å²) < 4.78 is 0. The Morgan fingerprint density at radius 3 is 2.71 bits per heavy atom. The van der Waals surface area contributed by atoms with E-state index in [4.69, 9.17) is 5.73 Å². The zero-order chi connectivity index (χ0) is 14.8. The van der Waals surface area contributed by atoms with Crippen LogP contribution in [0.5, 0.6) is 0 Å². The summed E-state index contributed by atoms with van der Waals surface area (Å²) in [6, 6.07) is 10.1. The van der Waals surface area contributed by atoms with Crippen LogP contribution in [0.25, 0.3) is 0 Å². The number of hydrogen-bond acceptors (Lipinski definition) is 3. The van der Waals surface area contributed by atoms with Crippen LogP contribution in [0.1, 0.15) is 36.5 Å². The molecule has 2 N–H and O–H groups in total. The summed E-state index contributed by atoms with van der Waals surface area (Å²) in [4.78, 5) is 2.56. The third-order valence-corrected chi connectivity index (χ3v) is 4.85. The minimum Gasteiger partial charge on any atom is -0.364 e. The lowest BCUT2D eigenvalue weighted by atomic mass is 10.0. The van der Waals surface area contributed by atoms with Crippen LogP contribution in [0.2, 0.25) is 0 Å². The molecule has 2 aromatic rings. The molecule has 1 atom stereocenters. The average molecular weight is 300 g/mol. The second kappa shape index (κ2) is 6.20. The normalized spacial score (nSPS) is 16.0.